The molecular weight excluding hydrogens is 222 g/mol. The number of rotatable bonds is 5. The van der Waals surface area contributed by atoms with Gasteiger partial charge in [0.2, 0.25) is 5.91 Å². The molecule has 1 rings (SSSR count). The van der Waals surface area contributed by atoms with Crippen LogP contribution in [-0.4, -0.2) is 47.7 Å². The molecule has 1 heterocycles. The summed E-state index contributed by atoms with van der Waals surface area (Å²) in [5, 5.41) is 8.71. The first-order valence-corrected chi connectivity index (χ1v) is 6.27. The van der Waals surface area contributed by atoms with Crippen LogP contribution in [0.4, 0.5) is 0 Å². The molecule has 1 saturated heterocycles. The van der Waals surface area contributed by atoms with Gasteiger partial charge in [-0.15, -0.1) is 0 Å². The summed E-state index contributed by atoms with van der Waals surface area (Å²) >= 11 is 0. The van der Waals surface area contributed by atoms with Crippen molar-refractivity contribution in [3.63, 3.8) is 0 Å². The van der Waals surface area contributed by atoms with Crippen LogP contribution < -0.4 is 0 Å². The third-order valence-corrected chi connectivity index (χ3v) is 2.93. The first kappa shape index (κ1) is 14.0. The number of esters is 1. The Morgan fingerprint density at radius 3 is 2.82 bits per heavy atom. The second kappa shape index (κ2) is 7.27. The second-order valence-electron chi connectivity index (χ2n) is 4.18. The summed E-state index contributed by atoms with van der Waals surface area (Å²) in [6, 6.07) is -0.421. The zero-order valence-electron chi connectivity index (χ0n) is 10.4. The molecule has 0 radical (unpaired) electrons. The van der Waals surface area contributed by atoms with Gasteiger partial charge in [-0.25, -0.2) is 4.79 Å². The lowest BCUT2D eigenvalue weighted by Crippen LogP contribution is -2.48. The normalized spacial score (nSPS) is 20.1. The summed E-state index contributed by atoms with van der Waals surface area (Å²) in [7, 11) is 0. The lowest BCUT2D eigenvalue weighted by molar-refractivity contribution is -0.156. The predicted octanol–water partition coefficient (Wildman–Crippen LogP) is 0.703. The molecule has 0 saturated carbocycles. The maximum atomic E-state index is 11.9. The van der Waals surface area contributed by atoms with Crippen LogP contribution in [0.15, 0.2) is 0 Å². The van der Waals surface area contributed by atoms with Gasteiger partial charge in [0.15, 0.2) is 0 Å². The van der Waals surface area contributed by atoms with Crippen molar-refractivity contribution in [2.45, 2.75) is 45.1 Å². The number of ether oxygens (including phenoxy) is 1. The maximum Gasteiger partial charge on any atom is 0.328 e. The molecule has 0 aliphatic carbocycles. The third-order valence-electron chi connectivity index (χ3n) is 2.93. The quantitative estimate of drug-likeness (QED) is 0.722. The monoisotopic (exact) mass is 243 g/mol. The fourth-order valence-corrected chi connectivity index (χ4v) is 2.09. The number of aliphatic hydroxyl groups excluding tert-OH is 1. The van der Waals surface area contributed by atoms with Crippen molar-refractivity contribution in [2.24, 2.45) is 0 Å². The number of carbonyl (C=O) groups is 2. The molecule has 0 bridgehead atoms. The number of amides is 1. The number of piperidine rings is 1. The Morgan fingerprint density at radius 1 is 1.41 bits per heavy atom. The molecule has 5 heteroatoms. The van der Waals surface area contributed by atoms with E-state index in [1.807, 2.05) is 0 Å². The Morgan fingerprint density at radius 2 is 2.18 bits per heavy atom. The van der Waals surface area contributed by atoms with Crippen LogP contribution in [0.1, 0.15) is 39.0 Å². The summed E-state index contributed by atoms with van der Waals surface area (Å²) in [6.45, 7) is 2.73. The summed E-state index contributed by atoms with van der Waals surface area (Å²) in [4.78, 5) is 25.2. The van der Waals surface area contributed by atoms with Crippen LogP contribution in [0.3, 0.4) is 0 Å². The van der Waals surface area contributed by atoms with E-state index in [1.165, 1.54) is 0 Å². The van der Waals surface area contributed by atoms with Crippen molar-refractivity contribution in [1.82, 2.24) is 4.90 Å². The van der Waals surface area contributed by atoms with Crippen LogP contribution in [0, 0.1) is 0 Å². The maximum absolute atomic E-state index is 11.9. The van der Waals surface area contributed by atoms with Gasteiger partial charge in [-0.1, -0.05) is 0 Å². The zero-order valence-corrected chi connectivity index (χ0v) is 10.4. The molecule has 98 valence electrons. The van der Waals surface area contributed by atoms with Gasteiger partial charge in [-0.3, -0.25) is 4.79 Å². The molecule has 1 atom stereocenters. The van der Waals surface area contributed by atoms with Crippen LogP contribution >= 0.6 is 0 Å². The SMILES string of the molecule is CCOC(=O)C1CCCCN1C(=O)CCCO. The summed E-state index contributed by atoms with van der Waals surface area (Å²) in [6.07, 6.45) is 3.31. The molecule has 1 unspecified atom stereocenters. The van der Waals surface area contributed by atoms with E-state index < -0.39 is 6.04 Å². The van der Waals surface area contributed by atoms with Gasteiger partial charge in [0.25, 0.3) is 0 Å². The van der Waals surface area contributed by atoms with E-state index in [-0.39, 0.29) is 18.5 Å². The molecule has 1 aliphatic heterocycles. The molecule has 1 fully saturated rings. The Hall–Kier alpha value is -1.10. The Kier molecular flexibility index (Phi) is 5.97. The van der Waals surface area contributed by atoms with Crippen molar-refractivity contribution < 1.29 is 19.4 Å². The van der Waals surface area contributed by atoms with E-state index in [1.54, 1.807) is 11.8 Å². The molecule has 5 nitrogen and oxygen atoms in total. The average molecular weight is 243 g/mol. The smallest absolute Gasteiger partial charge is 0.328 e. The predicted molar refractivity (Wildman–Crippen MR) is 62.3 cm³/mol. The highest BCUT2D eigenvalue weighted by Gasteiger charge is 2.32. The standard InChI is InChI=1S/C12H21NO4/c1-2-17-12(16)10-6-3-4-8-13(10)11(15)7-5-9-14/h10,14H,2-9H2,1H3. The van der Waals surface area contributed by atoms with Gasteiger partial charge < -0.3 is 14.7 Å². The van der Waals surface area contributed by atoms with E-state index in [2.05, 4.69) is 0 Å². The summed E-state index contributed by atoms with van der Waals surface area (Å²) < 4.78 is 4.98. The van der Waals surface area contributed by atoms with Gasteiger partial charge in [-0.2, -0.15) is 0 Å². The van der Waals surface area contributed by atoms with E-state index in [0.717, 1.165) is 12.8 Å². The van der Waals surface area contributed by atoms with Crippen molar-refractivity contribution in [1.29, 1.82) is 0 Å². The highest BCUT2D eigenvalue weighted by molar-refractivity contribution is 5.84. The van der Waals surface area contributed by atoms with E-state index in [4.69, 9.17) is 9.84 Å². The van der Waals surface area contributed by atoms with Gasteiger partial charge in [0.05, 0.1) is 6.61 Å². The third kappa shape index (κ3) is 4.00. The number of likely N-dealkylation sites (tertiary alicyclic amines) is 1. The molecule has 0 aromatic rings. The van der Waals surface area contributed by atoms with Crippen molar-refractivity contribution >= 4 is 11.9 Å². The van der Waals surface area contributed by atoms with Gasteiger partial charge in [0, 0.05) is 19.6 Å². The fraction of sp³-hybridized carbons (Fsp3) is 0.833. The number of aliphatic hydroxyl groups is 1. The second-order valence-corrected chi connectivity index (χ2v) is 4.18. The fourth-order valence-electron chi connectivity index (χ4n) is 2.09. The lowest BCUT2D eigenvalue weighted by Gasteiger charge is -2.34. The Labute approximate surface area is 102 Å². The van der Waals surface area contributed by atoms with Gasteiger partial charge >= 0.3 is 5.97 Å². The minimum Gasteiger partial charge on any atom is -0.464 e. The van der Waals surface area contributed by atoms with Crippen molar-refractivity contribution in [2.75, 3.05) is 19.8 Å². The number of hydrogen-bond acceptors (Lipinski definition) is 4. The van der Waals surface area contributed by atoms with E-state index >= 15 is 0 Å². The van der Waals surface area contributed by atoms with Gasteiger partial charge in [0.1, 0.15) is 6.04 Å². The molecule has 1 amide bonds. The first-order chi connectivity index (χ1) is 8.20. The van der Waals surface area contributed by atoms with Crippen molar-refractivity contribution in [3.05, 3.63) is 0 Å². The molecule has 17 heavy (non-hydrogen) atoms. The largest absolute Gasteiger partial charge is 0.464 e. The molecule has 0 spiro atoms. The molecule has 1 N–H and O–H groups in total. The minimum atomic E-state index is -0.421. The van der Waals surface area contributed by atoms with Crippen molar-refractivity contribution in [3.8, 4) is 0 Å². The Bertz CT molecular complexity index is 267. The Balaban J connectivity index is 2.58. The molecular formula is C12H21NO4. The highest BCUT2D eigenvalue weighted by Crippen LogP contribution is 2.19. The van der Waals surface area contributed by atoms with E-state index in [9.17, 15) is 9.59 Å². The average Bonchev–Trinajstić information content (AvgIpc) is 2.36. The van der Waals surface area contributed by atoms with Crippen LogP contribution in [0.25, 0.3) is 0 Å². The zero-order chi connectivity index (χ0) is 12.7. The molecule has 0 aromatic carbocycles. The minimum absolute atomic E-state index is 0.00362. The summed E-state index contributed by atoms with van der Waals surface area (Å²) in [5.74, 6) is -0.360. The molecule has 0 aromatic heterocycles. The number of carbonyl (C=O) groups excluding carboxylic acids is 2. The molecule has 1 aliphatic rings. The number of nitrogens with zero attached hydrogens (tertiary/aromatic N) is 1. The highest BCUT2D eigenvalue weighted by atomic mass is 16.5. The van der Waals surface area contributed by atoms with Crippen LogP contribution in [0.2, 0.25) is 0 Å². The first-order valence-electron chi connectivity index (χ1n) is 6.27. The summed E-state index contributed by atoms with van der Waals surface area (Å²) in [5.41, 5.74) is 0. The van der Waals surface area contributed by atoms with E-state index in [0.29, 0.717) is 32.4 Å². The lowest BCUT2D eigenvalue weighted by atomic mass is 10.0. The van der Waals surface area contributed by atoms with Crippen LogP contribution in [0.5, 0.6) is 0 Å². The van der Waals surface area contributed by atoms with Gasteiger partial charge in [-0.05, 0) is 32.6 Å². The number of hydrogen-bond donors (Lipinski definition) is 1. The topological polar surface area (TPSA) is 66.8 Å². The van der Waals surface area contributed by atoms with Crippen LogP contribution in [-0.2, 0) is 14.3 Å².